The van der Waals surface area contributed by atoms with Gasteiger partial charge in [-0.3, -0.25) is 0 Å². The Bertz CT molecular complexity index is 499. The van der Waals surface area contributed by atoms with Crippen molar-refractivity contribution >= 4 is 10.9 Å². The molecule has 2 heteroatoms. The first-order chi connectivity index (χ1) is 8.45. The highest BCUT2D eigenvalue weighted by molar-refractivity contribution is 5.84. The van der Waals surface area contributed by atoms with Gasteiger partial charge in [-0.25, -0.2) is 0 Å². The number of hydrogen-bond donors (Lipinski definition) is 2. The molecule has 0 unspecified atom stereocenters. The largest absolute Gasteiger partial charge is 0.358 e. The summed E-state index contributed by atoms with van der Waals surface area (Å²) in [6.07, 6.45) is 6.32. The number of aryl methyl sites for hydroxylation is 1. The zero-order chi connectivity index (χ0) is 11.5. The highest BCUT2D eigenvalue weighted by Crippen LogP contribution is 2.24. The first kappa shape index (κ1) is 10.8. The summed E-state index contributed by atoms with van der Waals surface area (Å²) >= 11 is 0. The number of benzene rings is 1. The van der Waals surface area contributed by atoms with E-state index in [1.807, 2.05) is 0 Å². The number of rotatable bonds is 0. The van der Waals surface area contributed by atoms with Gasteiger partial charge < -0.3 is 10.3 Å². The van der Waals surface area contributed by atoms with E-state index < -0.39 is 0 Å². The Kier molecular flexibility index (Phi) is 3.14. The molecule has 3 rings (SSSR count). The molecule has 2 N–H and O–H groups in total. The molecule has 17 heavy (non-hydrogen) atoms. The Labute approximate surface area is 102 Å². The van der Waals surface area contributed by atoms with Crippen molar-refractivity contribution in [1.29, 1.82) is 0 Å². The second kappa shape index (κ2) is 4.92. The Morgan fingerprint density at radius 3 is 2.82 bits per heavy atom. The van der Waals surface area contributed by atoms with E-state index in [-0.39, 0.29) is 0 Å². The second-order valence-electron chi connectivity index (χ2n) is 4.94. The maximum absolute atomic E-state index is 3.60. The van der Waals surface area contributed by atoms with E-state index in [4.69, 9.17) is 0 Å². The predicted octanol–water partition coefficient (Wildman–Crippen LogP) is 3.03. The molecule has 0 fully saturated rings. The molecule has 0 amide bonds. The van der Waals surface area contributed by atoms with Crippen molar-refractivity contribution < 1.29 is 0 Å². The second-order valence-corrected chi connectivity index (χ2v) is 4.94. The van der Waals surface area contributed by atoms with Gasteiger partial charge in [0.1, 0.15) is 0 Å². The third kappa shape index (κ3) is 2.22. The van der Waals surface area contributed by atoms with Crippen LogP contribution in [0, 0.1) is 0 Å². The maximum atomic E-state index is 3.60. The molecule has 90 valence electrons. The summed E-state index contributed by atoms with van der Waals surface area (Å²) in [5.74, 6) is 0. The third-order valence-electron chi connectivity index (χ3n) is 3.73. The van der Waals surface area contributed by atoms with Crippen LogP contribution in [0.2, 0.25) is 0 Å². The molecule has 1 aromatic carbocycles. The van der Waals surface area contributed by atoms with Crippen LogP contribution in [0.25, 0.3) is 10.9 Å². The van der Waals surface area contributed by atoms with E-state index in [1.54, 1.807) is 0 Å². The summed E-state index contributed by atoms with van der Waals surface area (Å²) in [6.45, 7) is 2.28. The molecule has 2 aromatic rings. The van der Waals surface area contributed by atoms with Gasteiger partial charge in [0.15, 0.2) is 0 Å². The van der Waals surface area contributed by atoms with Crippen molar-refractivity contribution in [3.8, 4) is 0 Å². The highest BCUT2D eigenvalue weighted by atomic mass is 14.8. The number of nitrogens with one attached hydrogen (secondary N) is 2. The molecule has 2 nitrogen and oxygen atoms in total. The lowest BCUT2D eigenvalue weighted by molar-refractivity contribution is 0.589. The van der Waals surface area contributed by atoms with Gasteiger partial charge in [0.05, 0.1) is 0 Å². The minimum Gasteiger partial charge on any atom is -0.358 e. The molecule has 0 aliphatic carbocycles. The Balaban J connectivity index is 2.00. The van der Waals surface area contributed by atoms with Gasteiger partial charge in [0, 0.05) is 16.6 Å². The zero-order valence-electron chi connectivity index (χ0n) is 10.3. The van der Waals surface area contributed by atoms with Crippen molar-refractivity contribution in [2.75, 3.05) is 13.1 Å². The van der Waals surface area contributed by atoms with Crippen LogP contribution in [0.1, 0.15) is 30.5 Å². The Morgan fingerprint density at radius 1 is 0.882 bits per heavy atom. The molecular formula is C15H20N2. The van der Waals surface area contributed by atoms with E-state index in [1.165, 1.54) is 54.4 Å². The van der Waals surface area contributed by atoms with E-state index in [2.05, 4.69) is 34.6 Å². The number of fused-ring (bicyclic) bond motifs is 3. The average molecular weight is 228 g/mol. The number of aromatic amines is 1. The molecule has 0 atom stereocenters. The summed E-state index contributed by atoms with van der Waals surface area (Å²) < 4.78 is 0. The molecule has 2 heterocycles. The number of para-hydroxylation sites is 1. The lowest BCUT2D eigenvalue weighted by atomic mass is 10.0. The molecule has 0 bridgehead atoms. The molecular weight excluding hydrogens is 208 g/mol. The van der Waals surface area contributed by atoms with E-state index >= 15 is 0 Å². The first-order valence-corrected chi connectivity index (χ1v) is 6.74. The van der Waals surface area contributed by atoms with Crippen LogP contribution in [-0.2, 0) is 12.8 Å². The average Bonchev–Trinajstić information content (AvgIpc) is 2.72. The minimum absolute atomic E-state index is 1.11. The highest BCUT2D eigenvalue weighted by Gasteiger charge is 2.11. The fourth-order valence-corrected chi connectivity index (χ4v) is 2.82. The van der Waals surface area contributed by atoms with E-state index in [0.717, 1.165) is 13.0 Å². The number of H-pyrrole nitrogens is 1. The summed E-state index contributed by atoms with van der Waals surface area (Å²) in [4.78, 5) is 3.60. The van der Waals surface area contributed by atoms with E-state index in [0.29, 0.717) is 0 Å². The number of hydrogen-bond acceptors (Lipinski definition) is 1. The summed E-state index contributed by atoms with van der Waals surface area (Å²) in [7, 11) is 0. The van der Waals surface area contributed by atoms with Gasteiger partial charge in [-0.1, -0.05) is 24.6 Å². The summed E-state index contributed by atoms with van der Waals surface area (Å²) in [6, 6.07) is 8.69. The van der Waals surface area contributed by atoms with Crippen LogP contribution in [-0.4, -0.2) is 18.1 Å². The molecule has 0 saturated carbocycles. The fraction of sp³-hybridized carbons (Fsp3) is 0.467. The molecule has 1 aromatic heterocycles. The monoisotopic (exact) mass is 228 g/mol. The van der Waals surface area contributed by atoms with Gasteiger partial charge in [-0.15, -0.1) is 0 Å². The number of aromatic nitrogens is 1. The lowest BCUT2D eigenvalue weighted by Crippen LogP contribution is -2.19. The van der Waals surface area contributed by atoms with Gasteiger partial charge in [-0.2, -0.15) is 0 Å². The van der Waals surface area contributed by atoms with E-state index in [9.17, 15) is 0 Å². The topological polar surface area (TPSA) is 27.8 Å². The predicted molar refractivity (Wildman–Crippen MR) is 72.4 cm³/mol. The smallest absolute Gasteiger partial charge is 0.0458 e. The minimum atomic E-state index is 1.11. The van der Waals surface area contributed by atoms with Gasteiger partial charge in [-0.05, 0) is 50.4 Å². The Hall–Kier alpha value is -1.28. The van der Waals surface area contributed by atoms with Crippen LogP contribution in [0.5, 0.6) is 0 Å². The molecule has 1 aliphatic heterocycles. The van der Waals surface area contributed by atoms with Crippen molar-refractivity contribution in [1.82, 2.24) is 10.3 Å². The first-order valence-electron chi connectivity index (χ1n) is 6.74. The van der Waals surface area contributed by atoms with Crippen LogP contribution >= 0.6 is 0 Å². The van der Waals surface area contributed by atoms with Gasteiger partial charge in [0.2, 0.25) is 0 Å². The third-order valence-corrected chi connectivity index (χ3v) is 3.73. The van der Waals surface area contributed by atoms with Crippen LogP contribution in [0.3, 0.4) is 0 Å². The molecule has 0 spiro atoms. The van der Waals surface area contributed by atoms with Crippen molar-refractivity contribution in [3.05, 3.63) is 35.5 Å². The van der Waals surface area contributed by atoms with Gasteiger partial charge in [0.25, 0.3) is 0 Å². The van der Waals surface area contributed by atoms with Crippen LogP contribution < -0.4 is 5.32 Å². The maximum Gasteiger partial charge on any atom is 0.0458 e. The Morgan fingerprint density at radius 2 is 1.82 bits per heavy atom. The summed E-state index contributed by atoms with van der Waals surface area (Å²) in [5.41, 5.74) is 4.31. The molecule has 0 radical (unpaired) electrons. The molecule has 0 saturated heterocycles. The SMILES string of the molecule is c1ccc2c3c([nH]c2c1)CCCCCNCC3. The fourth-order valence-electron chi connectivity index (χ4n) is 2.82. The van der Waals surface area contributed by atoms with Crippen molar-refractivity contribution in [3.63, 3.8) is 0 Å². The van der Waals surface area contributed by atoms with Gasteiger partial charge >= 0.3 is 0 Å². The quantitative estimate of drug-likeness (QED) is 0.712. The lowest BCUT2D eigenvalue weighted by Gasteiger charge is -2.10. The zero-order valence-corrected chi connectivity index (χ0v) is 10.3. The standard InChI is InChI=1S/C15H20N2/c1-2-7-15-13(9-11-16-10-5-1)12-6-3-4-8-14(12)17-15/h3-4,6,8,16-17H,1-2,5,7,9-11H2. The molecule has 1 aliphatic rings. The van der Waals surface area contributed by atoms with Crippen LogP contribution in [0.15, 0.2) is 24.3 Å². The van der Waals surface area contributed by atoms with Crippen molar-refractivity contribution in [2.45, 2.75) is 32.1 Å². The van der Waals surface area contributed by atoms with Crippen molar-refractivity contribution in [2.24, 2.45) is 0 Å². The van der Waals surface area contributed by atoms with Crippen LogP contribution in [0.4, 0.5) is 0 Å². The summed E-state index contributed by atoms with van der Waals surface area (Å²) in [5, 5.41) is 4.96. The normalized spacial score (nSPS) is 17.9.